The molecule has 3 unspecified atom stereocenters. The Morgan fingerprint density at radius 2 is 1.47 bits per heavy atom. The van der Waals surface area contributed by atoms with Crippen LogP contribution in [0.4, 0.5) is 4.79 Å². The summed E-state index contributed by atoms with van der Waals surface area (Å²) in [5, 5.41) is 16.2. The summed E-state index contributed by atoms with van der Waals surface area (Å²) in [5.74, 6) is -3.17. The van der Waals surface area contributed by atoms with Gasteiger partial charge in [-0.15, -0.1) is 0 Å². The first kappa shape index (κ1) is 36.6. The van der Waals surface area contributed by atoms with Gasteiger partial charge in [-0.25, -0.2) is 9.59 Å². The molecule has 0 heterocycles. The molecule has 12 heteroatoms. The average Bonchev–Trinajstić information content (AvgIpc) is 2.91. The molecule has 4 amide bonds. The van der Waals surface area contributed by atoms with Crippen LogP contribution in [0, 0.1) is 6.92 Å². The highest BCUT2D eigenvalue weighted by atomic mass is 16.6. The number of alkyl carbamates (subject to hydrolysis) is 1. The number of aryl methyl sites for hydroxylation is 1. The molecule has 0 aliphatic carbocycles. The molecule has 2 aromatic rings. The Hall–Kier alpha value is -4.61. The predicted octanol–water partition coefficient (Wildman–Crippen LogP) is 3.43. The third-order valence-electron chi connectivity index (χ3n) is 6.51. The molecule has 246 valence electrons. The van der Waals surface area contributed by atoms with Gasteiger partial charge in [0, 0.05) is 25.5 Å². The number of hydrogen-bond donors (Lipinski definition) is 4. The van der Waals surface area contributed by atoms with Crippen molar-refractivity contribution in [2.75, 3.05) is 7.05 Å². The highest BCUT2D eigenvalue weighted by molar-refractivity contribution is 5.94. The SMILES string of the molecule is Cc1cccc(C(C(=O)NC(Cc2ccccc2)C(=O)OC(C)(C)C)N(C)C(=O)C(CCC(N)=O)NC(=O)OC(C)(C)C)c1O. The van der Waals surface area contributed by atoms with E-state index in [1.807, 2.05) is 6.07 Å². The van der Waals surface area contributed by atoms with Gasteiger partial charge in [0.25, 0.3) is 0 Å². The van der Waals surface area contributed by atoms with Crippen LogP contribution in [0.25, 0.3) is 0 Å². The Bertz CT molecular complexity index is 1360. The predicted molar refractivity (Wildman–Crippen MR) is 168 cm³/mol. The van der Waals surface area contributed by atoms with Crippen LogP contribution in [-0.2, 0) is 35.1 Å². The van der Waals surface area contributed by atoms with Gasteiger partial charge < -0.3 is 35.8 Å². The zero-order valence-electron chi connectivity index (χ0n) is 27.3. The van der Waals surface area contributed by atoms with Gasteiger partial charge >= 0.3 is 12.1 Å². The number of esters is 1. The molecule has 0 bridgehead atoms. The van der Waals surface area contributed by atoms with Crippen LogP contribution in [0.15, 0.2) is 48.5 Å². The van der Waals surface area contributed by atoms with Gasteiger partial charge in [-0.3, -0.25) is 14.4 Å². The fourth-order valence-electron chi connectivity index (χ4n) is 4.46. The van der Waals surface area contributed by atoms with Gasteiger partial charge in [-0.2, -0.15) is 0 Å². The second-order valence-corrected chi connectivity index (χ2v) is 12.9. The van der Waals surface area contributed by atoms with Crippen LogP contribution in [0.2, 0.25) is 0 Å². The number of likely N-dealkylation sites (N-methyl/N-ethyl adjacent to an activating group) is 1. The number of para-hydroxylation sites is 1. The van der Waals surface area contributed by atoms with E-state index in [2.05, 4.69) is 10.6 Å². The van der Waals surface area contributed by atoms with E-state index in [9.17, 15) is 29.1 Å². The summed E-state index contributed by atoms with van der Waals surface area (Å²) in [6.07, 6.45) is -1.25. The Morgan fingerprint density at radius 1 is 0.867 bits per heavy atom. The van der Waals surface area contributed by atoms with E-state index in [4.69, 9.17) is 15.2 Å². The van der Waals surface area contributed by atoms with E-state index in [0.717, 1.165) is 10.5 Å². The number of phenols is 1. The van der Waals surface area contributed by atoms with Gasteiger partial charge in [-0.05, 0) is 66.0 Å². The maximum atomic E-state index is 14.1. The summed E-state index contributed by atoms with van der Waals surface area (Å²) >= 11 is 0. The fraction of sp³-hybridized carbons (Fsp3) is 0.485. The normalized spacial score (nSPS) is 13.5. The maximum absolute atomic E-state index is 14.1. The van der Waals surface area contributed by atoms with E-state index in [-0.39, 0.29) is 30.6 Å². The smallest absolute Gasteiger partial charge is 0.408 e. The summed E-state index contributed by atoms with van der Waals surface area (Å²) in [7, 11) is 1.32. The van der Waals surface area contributed by atoms with Crippen molar-refractivity contribution in [2.24, 2.45) is 5.73 Å². The largest absolute Gasteiger partial charge is 0.507 e. The Labute approximate surface area is 264 Å². The van der Waals surface area contributed by atoms with Gasteiger partial charge in [0.05, 0.1) is 0 Å². The average molecular weight is 627 g/mol. The van der Waals surface area contributed by atoms with E-state index in [1.54, 1.807) is 84.9 Å². The first-order valence-corrected chi connectivity index (χ1v) is 14.7. The highest BCUT2D eigenvalue weighted by Crippen LogP contribution is 2.32. The number of nitrogens with one attached hydrogen (secondary N) is 2. The lowest BCUT2D eigenvalue weighted by atomic mass is 9.98. The Kier molecular flexibility index (Phi) is 12.5. The molecule has 0 aromatic heterocycles. The Morgan fingerprint density at radius 3 is 2.02 bits per heavy atom. The molecule has 5 N–H and O–H groups in total. The third-order valence-corrected chi connectivity index (χ3v) is 6.51. The second kappa shape index (κ2) is 15.4. The van der Waals surface area contributed by atoms with E-state index < -0.39 is 59.1 Å². The lowest BCUT2D eigenvalue weighted by Gasteiger charge is -2.33. The number of primary amides is 1. The number of ether oxygens (including phenoxy) is 2. The lowest BCUT2D eigenvalue weighted by molar-refractivity contribution is -0.159. The van der Waals surface area contributed by atoms with Crippen molar-refractivity contribution >= 4 is 29.8 Å². The van der Waals surface area contributed by atoms with Crippen LogP contribution in [0.1, 0.15) is 77.1 Å². The van der Waals surface area contributed by atoms with E-state index in [1.165, 1.54) is 13.1 Å². The monoisotopic (exact) mass is 626 g/mol. The first-order chi connectivity index (χ1) is 20.8. The van der Waals surface area contributed by atoms with E-state index in [0.29, 0.717) is 5.56 Å². The molecule has 0 saturated carbocycles. The van der Waals surface area contributed by atoms with Crippen LogP contribution >= 0.6 is 0 Å². The number of nitrogens with two attached hydrogens (primary N) is 1. The molecule has 0 fully saturated rings. The topological polar surface area (TPSA) is 177 Å². The van der Waals surface area contributed by atoms with Crippen molar-refractivity contribution in [2.45, 2.75) is 97.1 Å². The third kappa shape index (κ3) is 11.8. The molecular formula is C33H46N4O8. The summed E-state index contributed by atoms with van der Waals surface area (Å²) < 4.78 is 10.9. The summed E-state index contributed by atoms with van der Waals surface area (Å²) in [5.41, 5.74) is 4.87. The Balaban J connectivity index is 2.54. The molecule has 45 heavy (non-hydrogen) atoms. The van der Waals surface area contributed by atoms with Crippen molar-refractivity contribution in [1.29, 1.82) is 0 Å². The quantitative estimate of drug-likeness (QED) is 0.259. The zero-order valence-corrected chi connectivity index (χ0v) is 27.3. The van der Waals surface area contributed by atoms with Crippen LogP contribution < -0.4 is 16.4 Å². The van der Waals surface area contributed by atoms with Crippen LogP contribution in [0.3, 0.4) is 0 Å². The van der Waals surface area contributed by atoms with Crippen molar-refractivity contribution in [3.8, 4) is 5.75 Å². The highest BCUT2D eigenvalue weighted by Gasteiger charge is 2.38. The molecular weight excluding hydrogens is 580 g/mol. The van der Waals surface area contributed by atoms with E-state index >= 15 is 0 Å². The summed E-state index contributed by atoms with van der Waals surface area (Å²) in [6, 6.07) is 9.82. The van der Waals surface area contributed by atoms with Crippen LogP contribution in [-0.4, -0.2) is 70.1 Å². The zero-order chi connectivity index (χ0) is 34.1. The molecule has 2 rings (SSSR count). The molecule has 0 aliphatic heterocycles. The first-order valence-electron chi connectivity index (χ1n) is 14.7. The van der Waals surface area contributed by atoms with Gasteiger partial charge in [0.1, 0.15) is 35.1 Å². The molecule has 3 atom stereocenters. The number of amides is 4. The summed E-state index contributed by atoms with van der Waals surface area (Å²) in [4.78, 5) is 66.6. The lowest BCUT2D eigenvalue weighted by Crippen LogP contribution is -2.54. The molecule has 0 saturated heterocycles. The summed E-state index contributed by atoms with van der Waals surface area (Å²) in [6.45, 7) is 11.7. The molecule has 0 spiro atoms. The van der Waals surface area contributed by atoms with Crippen LogP contribution in [0.5, 0.6) is 5.75 Å². The fourth-order valence-corrected chi connectivity index (χ4v) is 4.46. The molecule has 0 aliphatic rings. The van der Waals surface area contributed by atoms with Crippen molar-refractivity contribution < 1.29 is 38.6 Å². The minimum absolute atomic E-state index is 0.0805. The number of phenolic OH excluding ortho intramolecular Hbond substituents is 1. The molecule has 2 aromatic carbocycles. The minimum atomic E-state index is -1.46. The van der Waals surface area contributed by atoms with Gasteiger partial charge in [0.2, 0.25) is 17.7 Å². The maximum Gasteiger partial charge on any atom is 0.408 e. The number of hydrogen-bond acceptors (Lipinski definition) is 8. The number of aromatic hydroxyl groups is 1. The minimum Gasteiger partial charge on any atom is -0.507 e. The van der Waals surface area contributed by atoms with Crippen molar-refractivity contribution in [3.63, 3.8) is 0 Å². The standard InChI is InChI=1S/C33H46N4O8/c1-20-13-12-16-22(27(20)39)26(37(8)29(41)23(17-18-25(34)38)36-31(43)45-33(5,6)7)28(40)35-24(30(42)44-32(2,3)4)19-21-14-10-9-11-15-21/h9-16,23-24,26,39H,17-19H2,1-8H3,(H2,34,38)(H,35,40)(H,36,43). The molecule has 12 nitrogen and oxygen atoms in total. The number of benzene rings is 2. The number of carbonyl (C=O) groups excluding carboxylic acids is 5. The number of nitrogens with zero attached hydrogens (tertiary/aromatic N) is 1. The number of carbonyl (C=O) groups is 5. The van der Waals surface area contributed by atoms with Gasteiger partial charge in [-0.1, -0.05) is 48.5 Å². The number of rotatable bonds is 12. The molecule has 0 radical (unpaired) electrons. The second-order valence-electron chi connectivity index (χ2n) is 12.9. The van der Waals surface area contributed by atoms with Crippen molar-refractivity contribution in [3.05, 3.63) is 65.2 Å². The van der Waals surface area contributed by atoms with Crippen molar-refractivity contribution in [1.82, 2.24) is 15.5 Å². The van der Waals surface area contributed by atoms with Gasteiger partial charge in [0.15, 0.2) is 0 Å².